The highest BCUT2D eigenvalue weighted by atomic mass is 16.6. The summed E-state index contributed by atoms with van der Waals surface area (Å²) in [7, 11) is 0. The average Bonchev–Trinajstić information content (AvgIpc) is 2.70. The highest BCUT2D eigenvalue weighted by Gasteiger charge is 2.49. The van der Waals surface area contributed by atoms with Crippen LogP contribution in [-0.4, -0.2) is 22.5 Å². The molecule has 1 spiro atoms. The molecule has 116 valence electrons. The van der Waals surface area contributed by atoms with Gasteiger partial charge in [0.15, 0.2) is 0 Å². The molecule has 1 aliphatic heterocycles. The molecule has 1 N–H and O–H groups in total. The van der Waals surface area contributed by atoms with Crippen molar-refractivity contribution in [1.29, 1.82) is 0 Å². The highest BCUT2D eigenvalue weighted by Crippen LogP contribution is 2.44. The van der Waals surface area contributed by atoms with Crippen molar-refractivity contribution >= 4 is 17.7 Å². The van der Waals surface area contributed by atoms with Crippen LogP contribution in [0.25, 0.3) is 0 Å². The van der Waals surface area contributed by atoms with Crippen molar-refractivity contribution in [3.8, 4) is 0 Å². The van der Waals surface area contributed by atoms with E-state index >= 15 is 0 Å². The second kappa shape index (κ2) is 5.55. The van der Waals surface area contributed by atoms with Crippen LogP contribution in [0.2, 0.25) is 0 Å². The molecule has 0 aromatic carbocycles. The van der Waals surface area contributed by atoms with E-state index in [9.17, 15) is 9.59 Å². The van der Waals surface area contributed by atoms with E-state index in [1.54, 1.807) is 19.2 Å². The number of aromatic nitrogens is 1. The van der Waals surface area contributed by atoms with Gasteiger partial charge in [-0.1, -0.05) is 6.42 Å². The molecule has 2 aliphatic rings. The second-order valence-corrected chi connectivity index (χ2v) is 6.12. The Hall–Kier alpha value is -2.17. The number of carbonyl (C=O) groups is 2. The third-order valence-electron chi connectivity index (χ3n) is 4.47. The molecule has 0 bridgehead atoms. The molecule has 1 aliphatic carbocycles. The third kappa shape index (κ3) is 2.51. The first-order valence-corrected chi connectivity index (χ1v) is 7.70. The fourth-order valence-corrected chi connectivity index (χ4v) is 3.38. The lowest BCUT2D eigenvalue weighted by atomic mass is 9.78. The van der Waals surface area contributed by atoms with Gasteiger partial charge in [-0.2, -0.15) is 0 Å². The van der Waals surface area contributed by atoms with E-state index < -0.39 is 5.60 Å². The number of ether oxygens (including phenoxy) is 1. The van der Waals surface area contributed by atoms with Gasteiger partial charge < -0.3 is 10.1 Å². The standard InChI is InChI=1S/C17H20N2O3/c1-11-6-9-18-13(10-11)19-15(20)14-12(2)16(21)22-17(14)7-4-3-5-8-17/h6,9-10H,3-5,7-8H2,1-2H3,(H,18,19,20). The molecule has 3 rings (SSSR count). The number of rotatable bonds is 2. The molecule has 2 heterocycles. The summed E-state index contributed by atoms with van der Waals surface area (Å²) < 4.78 is 5.60. The van der Waals surface area contributed by atoms with E-state index in [1.807, 2.05) is 13.0 Å². The predicted octanol–water partition coefficient (Wildman–Crippen LogP) is 2.90. The van der Waals surface area contributed by atoms with Gasteiger partial charge >= 0.3 is 5.97 Å². The second-order valence-electron chi connectivity index (χ2n) is 6.12. The fraction of sp³-hybridized carbons (Fsp3) is 0.471. The zero-order chi connectivity index (χ0) is 15.7. The number of esters is 1. The van der Waals surface area contributed by atoms with E-state index in [0.29, 0.717) is 17.0 Å². The van der Waals surface area contributed by atoms with E-state index in [2.05, 4.69) is 10.3 Å². The Balaban J connectivity index is 1.90. The van der Waals surface area contributed by atoms with Crippen LogP contribution in [0.1, 0.15) is 44.6 Å². The maximum atomic E-state index is 12.7. The van der Waals surface area contributed by atoms with E-state index in [-0.39, 0.29) is 11.9 Å². The Morgan fingerprint density at radius 3 is 2.68 bits per heavy atom. The molecule has 1 amide bonds. The number of hydrogen-bond donors (Lipinski definition) is 1. The first-order valence-electron chi connectivity index (χ1n) is 7.70. The molecule has 0 unspecified atom stereocenters. The number of carbonyl (C=O) groups excluding carboxylic acids is 2. The summed E-state index contributed by atoms with van der Waals surface area (Å²) in [5.74, 6) is -0.150. The number of anilines is 1. The summed E-state index contributed by atoms with van der Waals surface area (Å²) in [6.45, 7) is 3.61. The van der Waals surface area contributed by atoms with Crippen molar-refractivity contribution in [2.24, 2.45) is 0 Å². The van der Waals surface area contributed by atoms with Crippen LogP contribution in [0.3, 0.4) is 0 Å². The van der Waals surface area contributed by atoms with Crippen molar-refractivity contribution in [3.05, 3.63) is 35.0 Å². The molecular formula is C17H20N2O3. The van der Waals surface area contributed by atoms with Gasteiger partial charge in [-0.25, -0.2) is 9.78 Å². The first kappa shape index (κ1) is 14.8. The Bertz CT molecular complexity index is 658. The normalized spacial score (nSPS) is 20.2. The maximum Gasteiger partial charge on any atom is 0.335 e. The Kier molecular flexibility index (Phi) is 3.72. The zero-order valence-corrected chi connectivity index (χ0v) is 12.9. The Labute approximate surface area is 129 Å². The van der Waals surface area contributed by atoms with Gasteiger partial charge in [0.1, 0.15) is 11.4 Å². The Morgan fingerprint density at radius 1 is 1.27 bits per heavy atom. The van der Waals surface area contributed by atoms with Crippen LogP contribution in [-0.2, 0) is 14.3 Å². The molecule has 5 nitrogen and oxygen atoms in total. The van der Waals surface area contributed by atoms with Gasteiger partial charge in [0.25, 0.3) is 5.91 Å². The molecular weight excluding hydrogens is 280 g/mol. The molecule has 1 fully saturated rings. The van der Waals surface area contributed by atoms with Crippen LogP contribution in [0.5, 0.6) is 0 Å². The highest BCUT2D eigenvalue weighted by molar-refractivity contribution is 6.12. The van der Waals surface area contributed by atoms with Crippen molar-refractivity contribution in [2.75, 3.05) is 5.32 Å². The number of hydrogen-bond acceptors (Lipinski definition) is 4. The molecule has 0 radical (unpaired) electrons. The molecule has 5 heteroatoms. The summed E-state index contributed by atoms with van der Waals surface area (Å²) in [5, 5.41) is 2.81. The average molecular weight is 300 g/mol. The molecule has 1 aromatic heterocycles. The van der Waals surface area contributed by atoms with Gasteiger partial charge in [0.2, 0.25) is 0 Å². The van der Waals surface area contributed by atoms with Gasteiger partial charge in [0.05, 0.1) is 5.57 Å². The first-order chi connectivity index (χ1) is 10.5. The van der Waals surface area contributed by atoms with Crippen molar-refractivity contribution in [1.82, 2.24) is 4.98 Å². The minimum absolute atomic E-state index is 0.275. The van der Waals surface area contributed by atoms with Gasteiger partial charge in [-0.05, 0) is 57.2 Å². The molecule has 1 aromatic rings. The Morgan fingerprint density at radius 2 is 2.00 bits per heavy atom. The summed E-state index contributed by atoms with van der Waals surface area (Å²) >= 11 is 0. The van der Waals surface area contributed by atoms with Crippen LogP contribution in [0, 0.1) is 6.92 Å². The molecule has 22 heavy (non-hydrogen) atoms. The van der Waals surface area contributed by atoms with Crippen LogP contribution in [0.4, 0.5) is 5.82 Å². The lowest BCUT2D eigenvalue weighted by Gasteiger charge is -2.33. The molecule has 0 atom stereocenters. The maximum absolute atomic E-state index is 12.7. The zero-order valence-electron chi connectivity index (χ0n) is 12.9. The summed E-state index contributed by atoms with van der Waals surface area (Å²) in [4.78, 5) is 28.9. The van der Waals surface area contributed by atoms with Gasteiger partial charge in [0, 0.05) is 11.8 Å². The number of nitrogens with one attached hydrogen (secondary N) is 1. The van der Waals surface area contributed by atoms with Crippen molar-refractivity contribution in [2.45, 2.75) is 51.6 Å². The van der Waals surface area contributed by atoms with Crippen molar-refractivity contribution in [3.63, 3.8) is 0 Å². The number of pyridine rings is 1. The van der Waals surface area contributed by atoms with E-state index in [4.69, 9.17) is 4.74 Å². The lowest BCUT2D eigenvalue weighted by Crippen LogP contribution is -2.39. The minimum atomic E-state index is -0.729. The van der Waals surface area contributed by atoms with Gasteiger partial charge in [-0.15, -0.1) is 0 Å². The SMILES string of the molecule is CC1=C(C(=O)Nc2cc(C)ccn2)C2(CCCCC2)OC1=O. The summed E-state index contributed by atoms with van der Waals surface area (Å²) in [6, 6.07) is 3.67. The van der Waals surface area contributed by atoms with E-state index in [1.165, 1.54) is 0 Å². The minimum Gasteiger partial charge on any atom is -0.451 e. The van der Waals surface area contributed by atoms with Crippen LogP contribution < -0.4 is 5.32 Å². The largest absolute Gasteiger partial charge is 0.451 e. The third-order valence-corrected chi connectivity index (χ3v) is 4.47. The molecule has 1 saturated carbocycles. The summed E-state index contributed by atoms with van der Waals surface area (Å²) in [5.41, 5.74) is 1.20. The predicted molar refractivity (Wildman–Crippen MR) is 82.2 cm³/mol. The molecule has 0 saturated heterocycles. The quantitative estimate of drug-likeness (QED) is 0.853. The number of nitrogens with zero attached hydrogens (tertiary/aromatic N) is 1. The van der Waals surface area contributed by atoms with E-state index in [0.717, 1.165) is 37.7 Å². The van der Waals surface area contributed by atoms with Crippen LogP contribution >= 0.6 is 0 Å². The lowest BCUT2D eigenvalue weighted by molar-refractivity contribution is -0.149. The van der Waals surface area contributed by atoms with Crippen molar-refractivity contribution < 1.29 is 14.3 Å². The monoisotopic (exact) mass is 300 g/mol. The topological polar surface area (TPSA) is 68.3 Å². The van der Waals surface area contributed by atoms with Crippen LogP contribution in [0.15, 0.2) is 29.5 Å². The van der Waals surface area contributed by atoms with Gasteiger partial charge in [-0.3, -0.25) is 4.79 Å². The fourth-order valence-electron chi connectivity index (χ4n) is 3.38. The number of amides is 1. The smallest absolute Gasteiger partial charge is 0.335 e. The summed E-state index contributed by atoms with van der Waals surface area (Å²) in [6.07, 6.45) is 6.16. The number of aryl methyl sites for hydroxylation is 1.